The van der Waals surface area contributed by atoms with Gasteiger partial charge in [0.25, 0.3) is 0 Å². The number of nitrogens with one attached hydrogen (secondary N) is 1. The van der Waals surface area contributed by atoms with Gasteiger partial charge >= 0.3 is 0 Å². The van der Waals surface area contributed by atoms with Crippen LogP contribution in [-0.4, -0.2) is 42.9 Å². The molecule has 0 saturated carbocycles. The molecule has 3 N–H and O–H groups in total. The van der Waals surface area contributed by atoms with Crippen LogP contribution in [0, 0.1) is 5.92 Å². The Morgan fingerprint density at radius 3 is 1.93 bits per heavy atom. The van der Waals surface area contributed by atoms with Crippen LogP contribution >= 0.6 is 0 Å². The van der Waals surface area contributed by atoms with Crippen LogP contribution in [0.5, 0.6) is 0 Å². The van der Waals surface area contributed by atoms with E-state index in [1.807, 2.05) is 0 Å². The molecular weight excluding hydrogens is 350 g/mol. The van der Waals surface area contributed by atoms with E-state index in [-0.39, 0.29) is 17.7 Å². The summed E-state index contributed by atoms with van der Waals surface area (Å²) < 4.78 is 0. The highest BCUT2D eigenvalue weighted by Crippen LogP contribution is 2.17. The van der Waals surface area contributed by atoms with Crippen molar-refractivity contribution < 1.29 is 9.59 Å². The van der Waals surface area contributed by atoms with E-state index < -0.39 is 0 Å². The molecule has 1 atom stereocenters. The second-order valence-corrected chi connectivity index (χ2v) is 8.42. The van der Waals surface area contributed by atoms with E-state index in [1.54, 1.807) is 4.90 Å². The molecule has 0 aromatic heterocycles. The van der Waals surface area contributed by atoms with Gasteiger partial charge in [-0.3, -0.25) is 9.59 Å². The first kappa shape index (κ1) is 24.9. The maximum Gasteiger partial charge on any atom is 0.225 e. The average molecular weight is 396 g/mol. The maximum absolute atomic E-state index is 12.2. The molecule has 0 aliphatic carbocycles. The van der Waals surface area contributed by atoms with Gasteiger partial charge in [-0.1, -0.05) is 90.4 Å². The van der Waals surface area contributed by atoms with E-state index in [9.17, 15) is 9.59 Å². The maximum atomic E-state index is 12.2. The number of nitrogens with zero attached hydrogens (tertiary/aromatic N) is 1. The molecule has 0 spiro atoms. The van der Waals surface area contributed by atoms with Gasteiger partial charge in [-0.05, 0) is 6.42 Å². The Hall–Kier alpha value is -1.10. The van der Waals surface area contributed by atoms with Crippen LogP contribution in [0.1, 0.15) is 103 Å². The molecule has 0 aromatic rings. The van der Waals surface area contributed by atoms with Gasteiger partial charge in [-0.2, -0.15) is 0 Å². The minimum atomic E-state index is -0.189. The molecule has 28 heavy (non-hydrogen) atoms. The molecule has 1 unspecified atom stereocenters. The van der Waals surface area contributed by atoms with E-state index in [2.05, 4.69) is 12.2 Å². The van der Waals surface area contributed by atoms with Gasteiger partial charge in [0.1, 0.15) is 0 Å². The SMILES string of the molecule is CCCCCCCCCCCCCCCCNC(=O)C1CC(=O)N(CCN)C1. The van der Waals surface area contributed by atoms with Crippen LogP contribution in [0.15, 0.2) is 0 Å². The van der Waals surface area contributed by atoms with Crippen molar-refractivity contribution in [3.63, 3.8) is 0 Å². The molecule has 0 bridgehead atoms. The molecule has 0 radical (unpaired) electrons. The fraction of sp³-hybridized carbons (Fsp3) is 0.913. The quantitative estimate of drug-likeness (QED) is 0.338. The molecule has 1 aliphatic heterocycles. The Morgan fingerprint density at radius 2 is 1.43 bits per heavy atom. The lowest BCUT2D eigenvalue weighted by Crippen LogP contribution is -2.35. The highest BCUT2D eigenvalue weighted by Gasteiger charge is 2.33. The Labute approximate surface area is 173 Å². The van der Waals surface area contributed by atoms with Crippen LogP contribution in [-0.2, 0) is 9.59 Å². The molecule has 5 heteroatoms. The second kappa shape index (κ2) is 16.8. The second-order valence-electron chi connectivity index (χ2n) is 8.42. The Balaban J connectivity index is 1.84. The van der Waals surface area contributed by atoms with Crippen LogP contribution in [0.3, 0.4) is 0 Å². The minimum Gasteiger partial charge on any atom is -0.356 e. The molecule has 2 amide bonds. The smallest absolute Gasteiger partial charge is 0.225 e. The zero-order chi connectivity index (χ0) is 20.5. The van der Waals surface area contributed by atoms with Crippen molar-refractivity contribution >= 4 is 11.8 Å². The van der Waals surface area contributed by atoms with Crippen LogP contribution in [0.4, 0.5) is 0 Å². The average Bonchev–Trinajstić information content (AvgIpc) is 3.06. The lowest BCUT2D eigenvalue weighted by Gasteiger charge is -2.15. The third-order valence-corrected chi connectivity index (χ3v) is 5.81. The summed E-state index contributed by atoms with van der Waals surface area (Å²) in [7, 11) is 0. The van der Waals surface area contributed by atoms with Crippen molar-refractivity contribution in [3.8, 4) is 0 Å². The van der Waals surface area contributed by atoms with Crippen molar-refractivity contribution in [2.75, 3.05) is 26.2 Å². The Morgan fingerprint density at radius 1 is 0.929 bits per heavy atom. The largest absolute Gasteiger partial charge is 0.356 e. The van der Waals surface area contributed by atoms with Gasteiger partial charge in [-0.25, -0.2) is 0 Å². The summed E-state index contributed by atoms with van der Waals surface area (Å²) in [6.45, 7) is 4.55. The standard InChI is InChI=1S/C23H45N3O2/c1-2-3-4-5-6-7-8-9-10-11-12-13-14-15-17-25-23(28)21-19-22(27)26(20-21)18-16-24/h21H,2-20,24H2,1H3,(H,25,28). The normalized spacial score (nSPS) is 16.7. The van der Waals surface area contributed by atoms with E-state index in [1.165, 1.54) is 83.5 Å². The summed E-state index contributed by atoms with van der Waals surface area (Å²) in [4.78, 5) is 25.6. The van der Waals surface area contributed by atoms with Crippen LogP contribution < -0.4 is 11.1 Å². The molecule has 1 heterocycles. The van der Waals surface area contributed by atoms with Crippen molar-refractivity contribution in [3.05, 3.63) is 0 Å². The number of carbonyl (C=O) groups is 2. The first-order valence-electron chi connectivity index (χ1n) is 11.9. The van der Waals surface area contributed by atoms with Gasteiger partial charge in [-0.15, -0.1) is 0 Å². The monoisotopic (exact) mass is 395 g/mol. The molecule has 164 valence electrons. The number of hydrogen-bond donors (Lipinski definition) is 2. The summed E-state index contributed by atoms with van der Waals surface area (Å²) in [6.07, 6.45) is 19.1. The minimum absolute atomic E-state index is 0.0302. The third-order valence-electron chi connectivity index (χ3n) is 5.81. The van der Waals surface area contributed by atoms with Gasteiger partial charge in [0, 0.05) is 32.6 Å². The topological polar surface area (TPSA) is 75.4 Å². The van der Waals surface area contributed by atoms with E-state index in [4.69, 9.17) is 5.73 Å². The van der Waals surface area contributed by atoms with Crippen LogP contribution in [0.25, 0.3) is 0 Å². The Kier molecular flexibility index (Phi) is 15.0. The zero-order valence-corrected chi connectivity index (χ0v) is 18.4. The molecule has 1 aliphatic rings. The number of likely N-dealkylation sites (tertiary alicyclic amines) is 1. The van der Waals surface area contributed by atoms with Gasteiger partial charge in [0.2, 0.25) is 11.8 Å². The number of rotatable bonds is 18. The zero-order valence-electron chi connectivity index (χ0n) is 18.4. The molecule has 1 saturated heterocycles. The lowest BCUT2D eigenvalue weighted by molar-refractivity contribution is -0.128. The molecule has 0 aromatic carbocycles. The number of unbranched alkanes of at least 4 members (excludes halogenated alkanes) is 13. The molecule has 1 rings (SSSR count). The first-order valence-corrected chi connectivity index (χ1v) is 11.9. The van der Waals surface area contributed by atoms with E-state index in [0.717, 1.165) is 13.0 Å². The predicted octanol–water partition coefficient (Wildman–Crippen LogP) is 4.39. The highest BCUT2D eigenvalue weighted by atomic mass is 16.2. The van der Waals surface area contributed by atoms with Gasteiger partial charge < -0.3 is 16.0 Å². The number of carbonyl (C=O) groups excluding carboxylic acids is 2. The number of hydrogen-bond acceptors (Lipinski definition) is 3. The molecule has 5 nitrogen and oxygen atoms in total. The van der Waals surface area contributed by atoms with Crippen molar-refractivity contribution in [2.24, 2.45) is 11.7 Å². The molecular formula is C23H45N3O2. The van der Waals surface area contributed by atoms with Gasteiger partial charge in [0.05, 0.1) is 5.92 Å². The first-order chi connectivity index (χ1) is 13.7. The fourth-order valence-electron chi connectivity index (χ4n) is 4.00. The molecule has 1 fully saturated rings. The van der Waals surface area contributed by atoms with Crippen molar-refractivity contribution in [1.29, 1.82) is 0 Å². The summed E-state index contributed by atoms with van der Waals surface area (Å²) >= 11 is 0. The lowest BCUT2D eigenvalue weighted by atomic mass is 10.0. The third kappa shape index (κ3) is 11.7. The number of amides is 2. The van der Waals surface area contributed by atoms with Gasteiger partial charge in [0.15, 0.2) is 0 Å². The Bertz CT molecular complexity index is 415. The number of nitrogens with two attached hydrogens (primary N) is 1. The van der Waals surface area contributed by atoms with Crippen molar-refractivity contribution in [2.45, 2.75) is 103 Å². The summed E-state index contributed by atoms with van der Waals surface area (Å²) in [5.74, 6) is -0.102. The van der Waals surface area contributed by atoms with E-state index in [0.29, 0.717) is 26.1 Å². The van der Waals surface area contributed by atoms with Crippen molar-refractivity contribution in [1.82, 2.24) is 10.2 Å². The summed E-state index contributed by atoms with van der Waals surface area (Å²) in [5, 5.41) is 3.00. The summed E-state index contributed by atoms with van der Waals surface area (Å²) in [5.41, 5.74) is 5.50. The van der Waals surface area contributed by atoms with Crippen LogP contribution in [0.2, 0.25) is 0 Å². The fourth-order valence-corrected chi connectivity index (χ4v) is 4.00. The van der Waals surface area contributed by atoms with E-state index >= 15 is 0 Å². The predicted molar refractivity (Wildman–Crippen MR) is 117 cm³/mol. The summed E-state index contributed by atoms with van der Waals surface area (Å²) in [6, 6.07) is 0. The highest BCUT2D eigenvalue weighted by molar-refractivity contribution is 5.89.